The Balaban J connectivity index is 2.28. The van der Waals surface area contributed by atoms with Crippen LogP contribution in [0.5, 0.6) is 0 Å². The van der Waals surface area contributed by atoms with E-state index in [2.05, 4.69) is 25.7 Å². The number of rotatable bonds is 2. The van der Waals surface area contributed by atoms with Crippen molar-refractivity contribution in [2.24, 2.45) is 5.92 Å². The van der Waals surface area contributed by atoms with E-state index < -0.39 is 17.6 Å². The highest BCUT2D eigenvalue weighted by Gasteiger charge is 2.37. The molecule has 1 aromatic carbocycles. The van der Waals surface area contributed by atoms with Crippen molar-refractivity contribution in [1.82, 2.24) is 4.90 Å². The Morgan fingerprint density at radius 3 is 2.39 bits per heavy atom. The molecule has 1 saturated heterocycles. The molecule has 1 N–H and O–H groups in total. The standard InChI is InChI=1S/C17H23F4NO/c1-16(2,3)22-7-6-13(12(9-22)10-23)11-4-5-15(18)14(8-11)17(19,20)21/h4-5,8,12-13,23H,6-7,9-10H2,1-3H3/t12-,13-/m1/s1. The minimum atomic E-state index is -4.71. The number of aliphatic hydroxyl groups is 1. The van der Waals surface area contributed by atoms with E-state index in [0.717, 1.165) is 18.7 Å². The quantitative estimate of drug-likeness (QED) is 0.826. The van der Waals surface area contributed by atoms with Crippen LogP contribution in [0.15, 0.2) is 18.2 Å². The first-order valence-corrected chi connectivity index (χ1v) is 7.76. The molecule has 0 radical (unpaired) electrons. The summed E-state index contributed by atoms with van der Waals surface area (Å²) >= 11 is 0. The van der Waals surface area contributed by atoms with E-state index in [9.17, 15) is 22.7 Å². The summed E-state index contributed by atoms with van der Waals surface area (Å²) in [6.45, 7) is 7.47. The van der Waals surface area contributed by atoms with E-state index >= 15 is 0 Å². The molecule has 1 aliphatic rings. The Bertz CT molecular complexity index is 551. The highest BCUT2D eigenvalue weighted by atomic mass is 19.4. The minimum Gasteiger partial charge on any atom is -0.396 e. The SMILES string of the molecule is CC(C)(C)N1CC[C@H](c2ccc(F)c(C(F)(F)F)c2)[C@@H](CO)C1. The van der Waals surface area contributed by atoms with Gasteiger partial charge in [0.2, 0.25) is 0 Å². The summed E-state index contributed by atoms with van der Waals surface area (Å²) in [6.07, 6.45) is -4.06. The average molecular weight is 333 g/mol. The molecular weight excluding hydrogens is 310 g/mol. The fraction of sp³-hybridized carbons (Fsp3) is 0.647. The summed E-state index contributed by atoms with van der Waals surface area (Å²) in [7, 11) is 0. The maximum atomic E-state index is 13.5. The van der Waals surface area contributed by atoms with E-state index in [4.69, 9.17) is 0 Å². The number of hydrogen-bond donors (Lipinski definition) is 1. The molecule has 23 heavy (non-hydrogen) atoms. The molecule has 1 aromatic rings. The highest BCUT2D eigenvalue weighted by molar-refractivity contribution is 5.30. The molecule has 0 aromatic heterocycles. The van der Waals surface area contributed by atoms with Crippen LogP contribution in [0.2, 0.25) is 0 Å². The smallest absolute Gasteiger partial charge is 0.396 e. The second-order valence-corrected chi connectivity index (χ2v) is 7.19. The number of piperidine rings is 1. The predicted octanol–water partition coefficient (Wildman–Crippen LogP) is 4.04. The first-order valence-electron chi connectivity index (χ1n) is 7.76. The van der Waals surface area contributed by atoms with Crippen molar-refractivity contribution >= 4 is 0 Å². The monoisotopic (exact) mass is 333 g/mol. The van der Waals surface area contributed by atoms with E-state index in [-0.39, 0.29) is 24.0 Å². The highest BCUT2D eigenvalue weighted by Crippen LogP contribution is 2.38. The van der Waals surface area contributed by atoms with Crippen molar-refractivity contribution in [3.05, 3.63) is 35.1 Å². The Labute approximate surface area is 134 Å². The third-order valence-corrected chi connectivity index (χ3v) is 4.64. The normalized spacial score (nSPS) is 24.0. The second kappa shape index (κ2) is 6.40. The van der Waals surface area contributed by atoms with Gasteiger partial charge in [0.25, 0.3) is 0 Å². The number of hydrogen-bond acceptors (Lipinski definition) is 2. The Kier molecular flexibility index (Phi) is 5.06. The Morgan fingerprint density at radius 1 is 1.22 bits per heavy atom. The van der Waals surface area contributed by atoms with E-state index in [1.807, 2.05) is 0 Å². The van der Waals surface area contributed by atoms with Crippen LogP contribution in [0.4, 0.5) is 17.6 Å². The van der Waals surface area contributed by atoms with Gasteiger partial charge in [-0.1, -0.05) is 6.07 Å². The Morgan fingerprint density at radius 2 is 1.87 bits per heavy atom. The molecule has 1 fully saturated rings. The zero-order chi connectivity index (χ0) is 17.4. The van der Waals surface area contributed by atoms with Crippen molar-refractivity contribution in [3.63, 3.8) is 0 Å². The molecule has 2 atom stereocenters. The van der Waals surface area contributed by atoms with Crippen LogP contribution in [0.25, 0.3) is 0 Å². The number of benzene rings is 1. The van der Waals surface area contributed by atoms with Crippen molar-refractivity contribution in [3.8, 4) is 0 Å². The van der Waals surface area contributed by atoms with E-state index in [1.165, 1.54) is 6.07 Å². The topological polar surface area (TPSA) is 23.5 Å². The van der Waals surface area contributed by atoms with E-state index in [1.54, 1.807) is 0 Å². The fourth-order valence-corrected chi connectivity index (χ4v) is 3.26. The van der Waals surface area contributed by atoms with Crippen LogP contribution in [-0.2, 0) is 6.18 Å². The summed E-state index contributed by atoms with van der Waals surface area (Å²) in [5.74, 6) is -1.61. The first-order chi connectivity index (χ1) is 10.5. The van der Waals surface area contributed by atoms with Crippen LogP contribution in [0.3, 0.4) is 0 Å². The van der Waals surface area contributed by atoms with E-state index in [0.29, 0.717) is 18.5 Å². The molecule has 1 aliphatic heterocycles. The zero-order valence-corrected chi connectivity index (χ0v) is 13.6. The van der Waals surface area contributed by atoms with Crippen molar-refractivity contribution in [2.45, 2.75) is 44.8 Å². The third kappa shape index (κ3) is 4.04. The number of aliphatic hydroxyl groups excluding tert-OH is 1. The van der Waals surface area contributed by atoms with Gasteiger partial charge in [-0.2, -0.15) is 13.2 Å². The molecule has 0 bridgehead atoms. The molecular formula is C17H23F4NO. The molecule has 1 heterocycles. The fourth-order valence-electron chi connectivity index (χ4n) is 3.26. The molecule has 0 aliphatic carbocycles. The summed E-state index contributed by atoms with van der Waals surface area (Å²) in [4.78, 5) is 2.22. The average Bonchev–Trinajstić information content (AvgIpc) is 2.45. The third-order valence-electron chi connectivity index (χ3n) is 4.64. The summed E-state index contributed by atoms with van der Waals surface area (Å²) in [6, 6.07) is 3.18. The maximum absolute atomic E-state index is 13.5. The predicted molar refractivity (Wildman–Crippen MR) is 80.7 cm³/mol. The summed E-state index contributed by atoms with van der Waals surface area (Å²) in [5, 5.41) is 9.67. The van der Waals surface area contributed by atoms with Crippen LogP contribution in [-0.4, -0.2) is 35.2 Å². The van der Waals surface area contributed by atoms with Gasteiger partial charge < -0.3 is 5.11 Å². The van der Waals surface area contributed by atoms with Crippen LogP contribution in [0.1, 0.15) is 44.2 Å². The zero-order valence-electron chi connectivity index (χ0n) is 13.6. The van der Waals surface area contributed by atoms with Gasteiger partial charge in [0.05, 0.1) is 5.56 Å². The molecule has 0 amide bonds. The maximum Gasteiger partial charge on any atom is 0.419 e. The molecule has 0 spiro atoms. The lowest BCUT2D eigenvalue weighted by molar-refractivity contribution is -0.140. The van der Waals surface area contributed by atoms with Gasteiger partial charge in [0, 0.05) is 24.6 Å². The van der Waals surface area contributed by atoms with Gasteiger partial charge >= 0.3 is 6.18 Å². The number of alkyl halides is 3. The molecule has 2 nitrogen and oxygen atoms in total. The van der Waals surface area contributed by atoms with Gasteiger partial charge in [-0.3, -0.25) is 4.90 Å². The van der Waals surface area contributed by atoms with Gasteiger partial charge in [-0.15, -0.1) is 0 Å². The van der Waals surface area contributed by atoms with Crippen molar-refractivity contribution in [2.75, 3.05) is 19.7 Å². The van der Waals surface area contributed by atoms with Crippen LogP contribution in [0, 0.1) is 11.7 Å². The van der Waals surface area contributed by atoms with Gasteiger partial charge in [-0.25, -0.2) is 4.39 Å². The first kappa shape index (κ1) is 18.2. The van der Waals surface area contributed by atoms with Crippen LogP contribution >= 0.6 is 0 Å². The summed E-state index contributed by atoms with van der Waals surface area (Å²) in [5.41, 5.74) is -0.838. The number of halogens is 4. The largest absolute Gasteiger partial charge is 0.419 e. The lowest BCUT2D eigenvalue weighted by Gasteiger charge is -2.44. The lowest BCUT2D eigenvalue weighted by atomic mass is 9.79. The number of likely N-dealkylation sites (tertiary alicyclic amines) is 1. The van der Waals surface area contributed by atoms with Crippen molar-refractivity contribution < 1.29 is 22.7 Å². The Hall–Kier alpha value is -1.14. The van der Waals surface area contributed by atoms with Gasteiger partial charge in [0.1, 0.15) is 5.82 Å². The summed E-state index contributed by atoms with van der Waals surface area (Å²) < 4.78 is 52.1. The van der Waals surface area contributed by atoms with Gasteiger partial charge in [-0.05, 0) is 57.4 Å². The lowest BCUT2D eigenvalue weighted by Crippen LogP contribution is -2.50. The molecule has 0 unspecified atom stereocenters. The van der Waals surface area contributed by atoms with Crippen molar-refractivity contribution in [1.29, 1.82) is 0 Å². The second-order valence-electron chi connectivity index (χ2n) is 7.19. The number of nitrogens with zero attached hydrogens (tertiary/aromatic N) is 1. The molecule has 2 rings (SSSR count). The minimum absolute atomic E-state index is 0.0572. The molecule has 130 valence electrons. The van der Waals surface area contributed by atoms with Crippen LogP contribution < -0.4 is 0 Å². The molecule has 0 saturated carbocycles. The van der Waals surface area contributed by atoms with Gasteiger partial charge in [0.15, 0.2) is 0 Å². The molecule has 6 heteroatoms.